The third kappa shape index (κ3) is 8.39. The minimum absolute atomic E-state index is 0.147. The third-order valence-corrected chi connectivity index (χ3v) is 4.75. The molecule has 2 rings (SSSR count). The van der Waals surface area contributed by atoms with Gasteiger partial charge >= 0.3 is 14.4 Å². The Morgan fingerprint density at radius 3 is 1.77 bits per heavy atom. The molecule has 0 aliphatic rings. The quantitative estimate of drug-likeness (QED) is 0.460. The Morgan fingerprint density at radius 2 is 1.37 bits per heavy atom. The molecule has 2 aromatic rings. The van der Waals surface area contributed by atoms with Crippen LogP contribution in [0.1, 0.15) is 58.2 Å². The second kappa shape index (κ2) is 10.4. The van der Waals surface area contributed by atoms with Crippen molar-refractivity contribution in [2.75, 3.05) is 0 Å². The minimum atomic E-state index is -2.28. The summed E-state index contributed by atoms with van der Waals surface area (Å²) in [5.74, 6) is 0.823. The molecular weight excluding hydrogens is 407 g/mol. The molecule has 8 heteroatoms. The molecule has 0 saturated carbocycles. The maximum Gasteiger partial charge on any atom is 0.750 e. The summed E-state index contributed by atoms with van der Waals surface area (Å²) in [7, 11) is -2.28. The second-order valence-corrected chi connectivity index (χ2v) is 9.61. The molecule has 0 aliphatic carbocycles. The van der Waals surface area contributed by atoms with E-state index in [1.165, 1.54) is 0 Å². The van der Waals surface area contributed by atoms with Gasteiger partial charge in [0.2, 0.25) is 0 Å². The molecular formula is C22H30O7P+. The lowest BCUT2D eigenvalue weighted by molar-refractivity contribution is 0.137. The highest BCUT2D eigenvalue weighted by Crippen LogP contribution is 2.40. The van der Waals surface area contributed by atoms with Gasteiger partial charge in [0, 0.05) is 4.57 Å². The number of phenolic OH excluding ortho intramolecular Hbond substituents is 1. The van der Waals surface area contributed by atoms with Crippen LogP contribution in [0.2, 0.25) is 0 Å². The van der Waals surface area contributed by atoms with E-state index in [-0.39, 0.29) is 17.4 Å². The van der Waals surface area contributed by atoms with Crippen LogP contribution in [0.4, 0.5) is 4.79 Å². The van der Waals surface area contributed by atoms with Crippen molar-refractivity contribution >= 4 is 14.4 Å². The molecule has 0 fully saturated rings. The lowest BCUT2D eigenvalue weighted by Gasteiger charge is -2.28. The number of carbonyl (C=O) groups is 1. The smallest absolute Gasteiger partial charge is 0.507 e. The van der Waals surface area contributed by atoms with E-state index >= 15 is 0 Å². The lowest BCUT2D eigenvalue weighted by Crippen LogP contribution is -2.18. The van der Waals surface area contributed by atoms with Gasteiger partial charge in [-0.2, -0.15) is 0 Å². The number of phenols is 1. The molecule has 0 amide bonds. The zero-order chi connectivity index (χ0) is 23.1. The van der Waals surface area contributed by atoms with Crippen molar-refractivity contribution < 1.29 is 33.7 Å². The first-order valence-electron chi connectivity index (χ1n) is 9.33. The van der Waals surface area contributed by atoms with Crippen molar-refractivity contribution in [3.63, 3.8) is 0 Å². The summed E-state index contributed by atoms with van der Waals surface area (Å²) in [6, 6.07) is 12.8. The highest BCUT2D eigenvalue weighted by atomic mass is 31.1. The Hall–Kier alpha value is -2.63. The molecule has 7 nitrogen and oxygen atoms in total. The first-order chi connectivity index (χ1) is 13.7. The molecule has 164 valence electrons. The number of benzene rings is 2. The van der Waals surface area contributed by atoms with Gasteiger partial charge in [-0.15, -0.1) is 4.52 Å². The molecule has 2 aromatic carbocycles. The highest BCUT2D eigenvalue weighted by molar-refractivity contribution is 7.33. The molecule has 0 radical (unpaired) electrons. The first-order valence-corrected chi connectivity index (χ1v) is 10.4. The van der Waals surface area contributed by atoms with E-state index in [2.05, 4.69) is 41.5 Å². The molecule has 1 atom stereocenters. The van der Waals surface area contributed by atoms with Crippen LogP contribution in [0.5, 0.6) is 11.5 Å². The van der Waals surface area contributed by atoms with Gasteiger partial charge in [-0.05, 0) is 51.8 Å². The normalized spacial score (nSPS) is 11.9. The molecule has 1 unspecified atom stereocenters. The van der Waals surface area contributed by atoms with Gasteiger partial charge in [0.05, 0.1) is 0 Å². The SMILES string of the molecule is CC(C)(C)c1cc(CO[P+](=O)Oc2ccccc2)cc(C(C)(C)C)c1O.O=C(O)O. The summed E-state index contributed by atoms with van der Waals surface area (Å²) < 4.78 is 22.8. The van der Waals surface area contributed by atoms with Crippen molar-refractivity contribution in [2.24, 2.45) is 0 Å². The van der Waals surface area contributed by atoms with Crippen molar-refractivity contribution in [3.8, 4) is 11.5 Å². The van der Waals surface area contributed by atoms with Gasteiger partial charge in [0.15, 0.2) is 5.75 Å². The third-order valence-electron chi connectivity index (χ3n) is 4.05. The predicted molar refractivity (Wildman–Crippen MR) is 116 cm³/mol. The van der Waals surface area contributed by atoms with E-state index in [1.807, 2.05) is 30.3 Å². The Kier molecular flexibility index (Phi) is 8.82. The Morgan fingerprint density at radius 1 is 0.933 bits per heavy atom. The molecule has 0 saturated heterocycles. The standard InChI is InChI=1S/C21H27O4P.CH2O3/c1-20(2,3)17-12-15(13-18(19(17)22)21(4,5)6)14-24-26(23)25-16-10-8-7-9-11-16;2-1(3)4/h7-13H,14H2,1-6H3;(H2,2,3,4)/p+1. The Labute approximate surface area is 178 Å². The summed E-state index contributed by atoms with van der Waals surface area (Å²) in [5, 5.41) is 24.7. The summed E-state index contributed by atoms with van der Waals surface area (Å²) in [6.07, 6.45) is -1.83. The van der Waals surface area contributed by atoms with Crippen LogP contribution < -0.4 is 4.52 Å². The van der Waals surface area contributed by atoms with Gasteiger partial charge in [-0.3, -0.25) is 0 Å². The minimum Gasteiger partial charge on any atom is -0.507 e. The average molecular weight is 437 g/mol. The van der Waals surface area contributed by atoms with E-state index in [9.17, 15) is 9.67 Å². The monoisotopic (exact) mass is 437 g/mol. The number of rotatable bonds is 5. The van der Waals surface area contributed by atoms with Crippen LogP contribution in [0.15, 0.2) is 42.5 Å². The molecule has 0 aliphatic heterocycles. The maximum absolute atomic E-state index is 12.1. The van der Waals surface area contributed by atoms with Crippen LogP contribution in [-0.2, 0) is 26.5 Å². The summed E-state index contributed by atoms with van der Waals surface area (Å²) >= 11 is 0. The highest BCUT2D eigenvalue weighted by Gasteiger charge is 2.28. The molecule has 0 heterocycles. The largest absolute Gasteiger partial charge is 0.750 e. The summed E-state index contributed by atoms with van der Waals surface area (Å²) in [5.41, 5.74) is 2.12. The second-order valence-electron chi connectivity index (χ2n) is 8.72. The Bertz CT molecular complexity index is 826. The molecule has 3 N–H and O–H groups in total. The number of carboxylic acid groups (broad SMARTS) is 2. The van der Waals surface area contributed by atoms with E-state index in [4.69, 9.17) is 24.1 Å². The topological polar surface area (TPSA) is 113 Å². The molecule has 0 aromatic heterocycles. The average Bonchev–Trinajstić information content (AvgIpc) is 2.59. The molecule has 0 spiro atoms. The number of aromatic hydroxyl groups is 1. The van der Waals surface area contributed by atoms with Crippen molar-refractivity contribution in [3.05, 3.63) is 59.2 Å². The fraction of sp³-hybridized carbons (Fsp3) is 0.409. The van der Waals surface area contributed by atoms with E-state index in [0.29, 0.717) is 11.5 Å². The number of hydrogen-bond donors (Lipinski definition) is 3. The number of hydrogen-bond acceptors (Lipinski definition) is 5. The summed E-state index contributed by atoms with van der Waals surface area (Å²) in [6.45, 7) is 12.5. The van der Waals surface area contributed by atoms with Gasteiger partial charge < -0.3 is 15.3 Å². The van der Waals surface area contributed by atoms with E-state index in [0.717, 1.165) is 16.7 Å². The van der Waals surface area contributed by atoms with Crippen LogP contribution in [-0.4, -0.2) is 21.5 Å². The van der Waals surface area contributed by atoms with E-state index < -0.39 is 14.4 Å². The zero-order valence-corrected chi connectivity index (χ0v) is 19.1. The fourth-order valence-corrected chi connectivity index (χ4v) is 3.24. The molecule has 30 heavy (non-hydrogen) atoms. The molecule has 0 bridgehead atoms. The van der Waals surface area contributed by atoms with Crippen LogP contribution in [0, 0.1) is 0 Å². The van der Waals surface area contributed by atoms with Crippen LogP contribution in [0.25, 0.3) is 0 Å². The summed E-state index contributed by atoms with van der Waals surface area (Å²) in [4.78, 5) is 8.56. The van der Waals surface area contributed by atoms with Crippen molar-refractivity contribution in [1.29, 1.82) is 0 Å². The lowest BCUT2D eigenvalue weighted by atomic mass is 9.78. The van der Waals surface area contributed by atoms with Gasteiger partial charge in [-0.25, -0.2) is 9.32 Å². The predicted octanol–water partition coefficient (Wildman–Crippen LogP) is 6.46. The Balaban J connectivity index is 0.00000103. The fourth-order valence-electron chi connectivity index (χ4n) is 2.64. The van der Waals surface area contributed by atoms with Crippen molar-refractivity contribution in [1.82, 2.24) is 0 Å². The van der Waals surface area contributed by atoms with Gasteiger partial charge in [0.1, 0.15) is 12.4 Å². The van der Waals surface area contributed by atoms with E-state index in [1.54, 1.807) is 12.1 Å². The van der Waals surface area contributed by atoms with Gasteiger partial charge in [0.25, 0.3) is 0 Å². The van der Waals surface area contributed by atoms with Crippen LogP contribution >= 0.6 is 8.25 Å². The first kappa shape index (κ1) is 25.4. The zero-order valence-electron chi connectivity index (χ0n) is 18.2. The maximum atomic E-state index is 12.1. The van der Waals surface area contributed by atoms with Crippen molar-refractivity contribution in [2.45, 2.75) is 59.0 Å². The number of para-hydroxylation sites is 1. The van der Waals surface area contributed by atoms with Gasteiger partial charge in [-0.1, -0.05) is 59.7 Å². The van der Waals surface area contributed by atoms with Crippen LogP contribution in [0.3, 0.4) is 0 Å².